The molecule has 0 saturated carbocycles. The van der Waals surface area contributed by atoms with Crippen LogP contribution in [0, 0.1) is 5.92 Å². The molecule has 0 aliphatic heterocycles. The van der Waals surface area contributed by atoms with Gasteiger partial charge < -0.3 is 0 Å². The second kappa shape index (κ2) is 7.34. The van der Waals surface area contributed by atoms with Gasteiger partial charge in [0, 0.05) is 25.1 Å². The molecule has 1 rings (SSSR count). The molecule has 0 unspecified atom stereocenters. The summed E-state index contributed by atoms with van der Waals surface area (Å²) in [4.78, 5) is 12.3. The highest BCUT2D eigenvalue weighted by Crippen LogP contribution is 2.17. The Morgan fingerprint density at radius 3 is 2.33 bits per heavy atom. The topological polar surface area (TPSA) is 34.9 Å². The van der Waals surface area contributed by atoms with Gasteiger partial charge in [-0.1, -0.05) is 33.6 Å². The molecule has 0 aliphatic carbocycles. The number of aryl methyl sites for hydroxylation is 2. The first kappa shape index (κ1) is 14.9. The molecule has 0 radical (unpaired) electrons. The summed E-state index contributed by atoms with van der Waals surface area (Å²) >= 11 is 0. The van der Waals surface area contributed by atoms with Crippen LogP contribution in [0.15, 0.2) is 6.07 Å². The number of carbonyl (C=O) groups excluding carboxylic acids is 1. The summed E-state index contributed by atoms with van der Waals surface area (Å²) in [5.74, 6) is 0.615. The van der Waals surface area contributed by atoms with Crippen molar-refractivity contribution in [2.45, 2.75) is 59.3 Å². The highest BCUT2D eigenvalue weighted by Gasteiger charge is 2.18. The van der Waals surface area contributed by atoms with Gasteiger partial charge in [-0.15, -0.1) is 0 Å². The van der Waals surface area contributed by atoms with Crippen LogP contribution in [0.2, 0.25) is 0 Å². The fourth-order valence-corrected chi connectivity index (χ4v) is 2.40. The molecule has 102 valence electrons. The zero-order valence-electron chi connectivity index (χ0n) is 12.2. The van der Waals surface area contributed by atoms with Crippen molar-refractivity contribution in [2.75, 3.05) is 0 Å². The molecule has 0 fully saturated rings. The van der Waals surface area contributed by atoms with Gasteiger partial charge in [-0.3, -0.25) is 9.48 Å². The number of carbonyl (C=O) groups is 1. The first-order chi connectivity index (χ1) is 8.62. The third-order valence-electron chi connectivity index (χ3n) is 3.47. The van der Waals surface area contributed by atoms with E-state index in [-0.39, 0.29) is 5.92 Å². The van der Waals surface area contributed by atoms with Gasteiger partial charge in [0.2, 0.25) is 0 Å². The minimum Gasteiger partial charge on any atom is -0.299 e. The third kappa shape index (κ3) is 3.97. The van der Waals surface area contributed by atoms with Crippen molar-refractivity contribution in [3.63, 3.8) is 0 Å². The van der Waals surface area contributed by atoms with Crippen LogP contribution in [0.5, 0.6) is 0 Å². The number of hydrogen-bond donors (Lipinski definition) is 0. The third-order valence-corrected chi connectivity index (χ3v) is 3.47. The maximum absolute atomic E-state index is 12.3. The summed E-state index contributed by atoms with van der Waals surface area (Å²) < 4.78 is 1.85. The monoisotopic (exact) mass is 250 g/mol. The van der Waals surface area contributed by atoms with Crippen molar-refractivity contribution in [3.8, 4) is 0 Å². The molecule has 0 N–H and O–H groups in total. The minimum absolute atomic E-state index is 0.236. The average molecular weight is 250 g/mol. The number of Topliss-reactive ketones (excluding diaryl/α,β-unsaturated/α-hetero) is 1. The van der Waals surface area contributed by atoms with Crippen LogP contribution in [0.1, 0.15) is 57.8 Å². The molecule has 0 bridgehead atoms. The average Bonchev–Trinajstić information content (AvgIpc) is 2.70. The predicted molar refractivity (Wildman–Crippen MR) is 74.6 cm³/mol. The highest BCUT2D eigenvalue weighted by atomic mass is 16.1. The van der Waals surface area contributed by atoms with E-state index >= 15 is 0 Å². The lowest BCUT2D eigenvalue weighted by Crippen LogP contribution is -2.18. The van der Waals surface area contributed by atoms with Gasteiger partial charge in [0.25, 0.3) is 0 Å². The SMILES string of the molecule is CCCC(CCC)C(=O)Cc1cc(CC)nn1C. The molecule has 3 heteroatoms. The van der Waals surface area contributed by atoms with E-state index in [4.69, 9.17) is 0 Å². The van der Waals surface area contributed by atoms with Crippen LogP contribution in [0.4, 0.5) is 0 Å². The first-order valence-electron chi connectivity index (χ1n) is 7.16. The lowest BCUT2D eigenvalue weighted by Gasteiger charge is -2.13. The fourth-order valence-electron chi connectivity index (χ4n) is 2.40. The Bertz CT molecular complexity index is 376. The smallest absolute Gasteiger partial charge is 0.141 e. The van der Waals surface area contributed by atoms with E-state index in [0.717, 1.165) is 43.5 Å². The van der Waals surface area contributed by atoms with E-state index < -0.39 is 0 Å². The molecule has 0 aliphatic rings. The molecular weight excluding hydrogens is 224 g/mol. The summed E-state index contributed by atoms with van der Waals surface area (Å²) in [6.07, 6.45) is 5.67. The van der Waals surface area contributed by atoms with Crippen molar-refractivity contribution in [1.82, 2.24) is 9.78 Å². The van der Waals surface area contributed by atoms with E-state index in [9.17, 15) is 4.79 Å². The Balaban J connectivity index is 2.68. The summed E-state index contributed by atoms with van der Waals surface area (Å²) in [5, 5.41) is 4.40. The molecule has 18 heavy (non-hydrogen) atoms. The summed E-state index contributed by atoms with van der Waals surface area (Å²) in [7, 11) is 1.93. The van der Waals surface area contributed by atoms with Crippen LogP contribution in [-0.2, 0) is 24.7 Å². The molecule has 1 heterocycles. The molecule has 0 saturated heterocycles. The van der Waals surface area contributed by atoms with Gasteiger partial charge in [0.05, 0.1) is 5.69 Å². The number of aromatic nitrogens is 2. The minimum atomic E-state index is 0.236. The van der Waals surface area contributed by atoms with Crippen molar-refractivity contribution < 1.29 is 4.79 Å². The van der Waals surface area contributed by atoms with E-state index in [1.54, 1.807) is 0 Å². The van der Waals surface area contributed by atoms with Crippen LogP contribution in [0.3, 0.4) is 0 Å². The van der Waals surface area contributed by atoms with E-state index in [1.165, 1.54) is 0 Å². The number of nitrogens with zero attached hydrogens (tertiary/aromatic N) is 2. The Hall–Kier alpha value is -1.12. The normalized spacial score (nSPS) is 11.2. The molecule has 0 aromatic carbocycles. The summed E-state index contributed by atoms with van der Waals surface area (Å²) in [6.45, 7) is 6.38. The zero-order valence-corrected chi connectivity index (χ0v) is 12.2. The molecule has 1 aromatic rings. The lowest BCUT2D eigenvalue weighted by molar-refractivity contribution is -0.122. The van der Waals surface area contributed by atoms with Crippen LogP contribution >= 0.6 is 0 Å². The number of hydrogen-bond acceptors (Lipinski definition) is 2. The highest BCUT2D eigenvalue weighted by molar-refractivity contribution is 5.82. The summed E-state index contributed by atoms with van der Waals surface area (Å²) in [5.41, 5.74) is 2.12. The molecular formula is C15H26N2O. The van der Waals surface area contributed by atoms with Gasteiger partial charge in [0.1, 0.15) is 5.78 Å². The Morgan fingerprint density at radius 2 is 1.89 bits per heavy atom. The van der Waals surface area contributed by atoms with Crippen molar-refractivity contribution in [3.05, 3.63) is 17.5 Å². The second-order valence-corrected chi connectivity index (χ2v) is 5.02. The van der Waals surface area contributed by atoms with E-state index in [0.29, 0.717) is 12.2 Å². The van der Waals surface area contributed by atoms with Gasteiger partial charge in [-0.25, -0.2) is 0 Å². The van der Waals surface area contributed by atoms with Crippen molar-refractivity contribution >= 4 is 5.78 Å². The lowest BCUT2D eigenvalue weighted by atomic mass is 9.91. The van der Waals surface area contributed by atoms with Gasteiger partial charge >= 0.3 is 0 Å². The number of ketones is 1. The Labute approximate surface area is 111 Å². The quantitative estimate of drug-likeness (QED) is 0.709. The molecule has 0 atom stereocenters. The Morgan fingerprint density at radius 1 is 1.28 bits per heavy atom. The molecule has 0 amide bonds. The standard InChI is InChI=1S/C15H26N2O/c1-5-8-12(9-6-2)15(18)11-14-10-13(7-3)16-17(14)4/h10,12H,5-9,11H2,1-4H3. The van der Waals surface area contributed by atoms with Gasteiger partial charge in [-0.05, 0) is 25.3 Å². The van der Waals surface area contributed by atoms with Crippen LogP contribution in [0.25, 0.3) is 0 Å². The molecule has 0 spiro atoms. The predicted octanol–water partition coefficient (Wildman–Crippen LogP) is 3.31. The zero-order chi connectivity index (χ0) is 13.5. The van der Waals surface area contributed by atoms with E-state index in [2.05, 4.69) is 31.9 Å². The molecule has 3 nitrogen and oxygen atoms in total. The second-order valence-electron chi connectivity index (χ2n) is 5.02. The van der Waals surface area contributed by atoms with E-state index in [1.807, 2.05) is 11.7 Å². The Kier molecular flexibility index (Phi) is 6.10. The van der Waals surface area contributed by atoms with Crippen LogP contribution < -0.4 is 0 Å². The van der Waals surface area contributed by atoms with Crippen molar-refractivity contribution in [1.29, 1.82) is 0 Å². The van der Waals surface area contributed by atoms with Crippen molar-refractivity contribution in [2.24, 2.45) is 13.0 Å². The van der Waals surface area contributed by atoms with Gasteiger partial charge in [-0.2, -0.15) is 5.10 Å². The fraction of sp³-hybridized carbons (Fsp3) is 0.733. The van der Waals surface area contributed by atoms with Gasteiger partial charge in [0.15, 0.2) is 0 Å². The van der Waals surface area contributed by atoms with Crippen LogP contribution in [-0.4, -0.2) is 15.6 Å². The molecule has 1 aromatic heterocycles. The summed E-state index contributed by atoms with van der Waals surface area (Å²) in [6, 6.07) is 2.06. The number of rotatable bonds is 8. The largest absolute Gasteiger partial charge is 0.299 e. The maximum atomic E-state index is 12.3. The first-order valence-corrected chi connectivity index (χ1v) is 7.16. The maximum Gasteiger partial charge on any atom is 0.141 e.